The van der Waals surface area contributed by atoms with Gasteiger partial charge in [-0.3, -0.25) is 0 Å². The molecule has 1 saturated carbocycles. The average molecular weight is 243 g/mol. The molecule has 1 aromatic heterocycles. The summed E-state index contributed by atoms with van der Waals surface area (Å²) in [5, 5.41) is 0. The Kier molecular flexibility index (Phi) is 2.94. The summed E-state index contributed by atoms with van der Waals surface area (Å²) in [4.78, 5) is 0. The monoisotopic (exact) mass is 243 g/mol. The molecule has 0 amide bonds. The first kappa shape index (κ1) is 11.5. The summed E-state index contributed by atoms with van der Waals surface area (Å²) >= 11 is 0. The van der Waals surface area contributed by atoms with E-state index in [1.165, 1.54) is 49.2 Å². The lowest BCUT2D eigenvalue weighted by atomic mass is 10.1. The van der Waals surface area contributed by atoms with E-state index in [1.807, 2.05) is 12.1 Å². The number of halogens is 1. The number of benzene rings is 1. The molecule has 1 aliphatic carbocycles. The minimum Gasteiger partial charge on any atom is -0.342 e. The van der Waals surface area contributed by atoms with Gasteiger partial charge in [0, 0.05) is 17.4 Å². The van der Waals surface area contributed by atoms with E-state index in [2.05, 4.69) is 23.6 Å². The largest absolute Gasteiger partial charge is 0.342 e. The Morgan fingerprint density at radius 3 is 2.33 bits per heavy atom. The lowest BCUT2D eigenvalue weighted by Gasteiger charge is -2.18. The van der Waals surface area contributed by atoms with Crippen LogP contribution in [0.1, 0.15) is 37.4 Å². The molecule has 0 aliphatic heterocycles. The third-order valence-corrected chi connectivity index (χ3v) is 3.95. The zero-order valence-electron chi connectivity index (χ0n) is 10.7. The molecule has 0 spiro atoms. The van der Waals surface area contributed by atoms with Gasteiger partial charge in [-0.2, -0.15) is 0 Å². The number of aromatic nitrogens is 1. The maximum atomic E-state index is 13.0. The van der Waals surface area contributed by atoms with Crippen molar-refractivity contribution < 1.29 is 4.39 Å². The first-order valence-electron chi connectivity index (χ1n) is 6.69. The molecule has 1 heterocycles. The first-order chi connectivity index (χ1) is 8.75. The molecule has 0 unspecified atom stereocenters. The molecule has 0 bridgehead atoms. The highest BCUT2D eigenvalue weighted by molar-refractivity contribution is 5.61. The maximum Gasteiger partial charge on any atom is 0.123 e. The second-order valence-corrected chi connectivity index (χ2v) is 5.18. The summed E-state index contributed by atoms with van der Waals surface area (Å²) in [6.45, 7) is 2.16. The van der Waals surface area contributed by atoms with Crippen molar-refractivity contribution in [3.05, 3.63) is 47.9 Å². The van der Waals surface area contributed by atoms with Gasteiger partial charge in [0.05, 0.1) is 0 Å². The Bertz CT molecular complexity index is 533. The molecule has 2 heteroatoms. The van der Waals surface area contributed by atoms with Crippen LogP contribution in [0.25, 0.3) is 11.3 Å². The molecule has 1 aromatic carbocycles. The van der Waals surface area contributed by atoms with Crippen LogP contribution < -0.4 is 0 Å². The van der Waals surface area contributed by atoms with Crippen molar-refractivity contribution in [3.63, 3.8) is 0 Å². The second-order valence-electron chi connectivity index (χ2n) is 5.18. The predicted molar refractivity (Wildman–Crippen MR) is 72.1 cm³/mol. The fourth-order valence-corrected chi connectivity index (χ4v) is 3.05. The molecule has 18 heavy (non-hydrogen) atoms. The molecule has 1 aliphatic rings. The Balaban J connectivity index is 2.04. The van der Waals surface area contributed by atoms with Gasteiger partial charge in [-0.15, -0.1) is 0 Å². The summed E-state index contributed by atoms with van der Waals surface area (Å²) < 4.78 is 15.4. The Morgan fingerprint density at radius 1 is 1.00 bits per heavy atom. The van der Waals surface area contributed by atoms with Crippen LogP contribution in [0.15, 0.2) is 36.4 Å². The number of hydrogen-bond acceptors (Lipinski definition) is 0. The highest BCUT2D eigenvalue weighted by Gasteiger charge is 2.20. The predicted octanol–water partition coefficient (Wildman–Crippen LogP) is 4.72. The molecule has 0 saturated heterocycles. The fraction of sp³-hybridized carbons (Fsp3) is 0.375. The minimum absolute atomic E-state index is 0.172. The van der Waals surface area contributed by atoms with Crippen LogP contribution in [0.5, 0.6) is 0 Å². The number of aryl methyl sites for hydroxylation is 1. The van der Waals surface area contributed by atoms with E-state index in [4.69, 9.17) is 0 Å². The van der Waals surface area contributed by atoms with Gasteiger partial charge in [0.2, 0.25) is 0 Å². The third-order valence-electron chi connectivity index (χ3n) is 3.95. The minimum atomic E-state index is -0.172. The quantitative estimate of drug-likeness (QED) is 0.719. The molecule has 1 fully saturated rings. The highest BCUT2D eigenvalue weighted by atomic mass is 19.1. The van der Waals surface area contributed by atoms with Crippen molar-refractivity contribution >= 4 is 0 Å². The van der Waals surface area contributed by atoms with Crippen LogP contribution in [-0.2, 0) is 0 Å². The molecule has 3 rings (SSSR count). The molecular weight excluding hydrogens is 225 g/mol. The van der Waals surface area contributed by atoms with Crippen LogP contribution in [-0.4, -0.2) is 4.57 Å². The van der Waals surface area contributed by atoms with Gasteiger partial charge in [-0.05, 0) is 61.7 Å². The van der Waals surface area contributed by atoms with Gasteiger partial charge < -0.3 is 4.57 Å². The highest BCUT2D eigenvalue weighted by Crippen LogP contribution is 2.35. The van der Waals surface area contributed by atoms with Gasteiger partial charge in [0.15, 0.2) is 0 Å². The van der Waals surface area contributed by atoms with Gasteiger partial charge in [0.1, 0.15) is 5.82 Å². The van der Waals surface area contributed by atoms with E-state index in [1.54, 1.807) is 0 Å². The van der Waals surface area contributed by atoms with E-state index in [-0.39, 0.29) is 5.82 Å². The molecule has 0 N–H and O–H groups in total. The van der Waals surface area contributed by atoms with Gasteiger partial charge in [-0.25, -0.2) is 4.39 Å². The average Bonchev–Trinajstić information content (AvgIpc) is 2.99. The standard InChI is InChI=1S/C16H18FN/c1-12-6-11-16(13-7-9-14(17)10-8-13)18(12)15-4-2-3-5-15/h6-11,15H,2-5H2,1H3. The van der Waals surface area contributed by atoms with Crippen molar-refractivity contribution in [1.29, 1.82) is 0 Å². The molecule has 1 nitrogen and oxygen atoms in total. The lowest BCUT2D eigenvalue weighted by Crippen LogP contribution is -2.07. The Morgan fingerprint density at radius 2 is 1.67 bits per heavy atom. The first-order valence-corrected chi connectivity index (χ1v) is 6.69. The van der Waals surface area contributed by atoms with Crippen molar-refractivity contribution in [2.45, 2.75) is 38.6 Å². The van der Waals surface area contributed by atoms with Gasteiger partial charge in [0.25, 0.3) is 0 Å². The van der Waals surface area contributed by atoms with E-state index in [0.29, 0.717) is 6.04 Å². The SMILES string of the molecule is Cc1ccc(-c2ccc(F)cc2)n1C1CCCC1. The summed E-state index contributed by atoms with van der Waals surface area (Å²) in [7, 11) is 0. The summed E-state index contributed by atoms with van der Waals surface area (Å²) in [5.74, 6) is -0.172. The number of hydrogen-bond donors (Lipinski definition) is 0. The topological polar surface area (TPSA) is 4.93 Å². The van der Waals surface area contributed by atoms with Gasteiger partial charge in [-0.1, -0.05) is 12.8 Å². The van der Waals surface area contributed by atoms with Crippen LogP contribution in [0.3, 0.4) is 0 Å². The van der Waals surface area contributed by atoms with Crippen LogP contribution >= 0.6 is 0 Å². The summed E-state index contributed by atoms with van der Waals surface area (Å²) in [6, 6.07) is 11.8. The van der Waals surface area contributed by atoms with Crippen molar-refractivity contribution in [3.8, 4) is 11.3 Å². The normalized spacial score (nSPS) is 16.3. The molecule has 2 aromatic rings. The smallest absolute Gasteiger partial charge is 0.123 e. The van der Waals surface area contributed by atoms with Crippen LogP contribution in [0, 0.1) is 12.7 Å². The van der Waals surface area contributed by atoms with Crippen molar-refractivity contribution in [2.24, 2.45) is 0 Å². The van der Waals surface area contributed by atoms with E-state index in [0.717, 1.165) is 5.56 Å². The molecule has 94 valence electrons. The second kappa shape index (κ2) is 4.60. The van der Waals surface area contributed by atoms with E-state index >= 15 is 0 Å². The summed E-state index contributed by atoms with van der Waals surface area (Å²) in [6.07, 6.45) is 5.18. The molecule has 0 radical (unpaired) electrons. The third kappa shape index (κ3) is 1.96. The maximum absolute atomic E-state index is 13.0. The zero-order valence-corrected chi connectivity index (χ0v) is 10.7. The fourth-order valence-electron chi connectivity index (χ4n) is 3.05. The van der Waals surface area contributed by atoms with Crippen molar-refractivity contribution in [1.82, 2.24) is 4.57 Å². The summed E-state index contributed by atoms with van der Waals surface area (Å²) in [5.41, 5.74) is 3.64. The number of rotatable bonds is 2. The van der Waals surface area contributed by atoms with Crippen molar-refractivity contribution in [2.75, 3.05) is 0 Å². The molecular formula is C16H18FN. The number of nitrogens with zero attached hydrogens (tertiary/aromatic N) is 1. The Hall–Kier alpha value is -1.57. The van der Waals surface area contributed by atoms with E-state index < -0.39 is 0 Å². The lowest BCUT2D eigenvalue weighted by molar-refractivity contribution is 0.515. The Labute approximate surface area is 107 Å². The van der Waals surface area contributed by atoms with Crippen LogP contribution in [0.2, 0.25) is 0 Å². The molecule has 0 atom stereocenters. The van der Waals surface area contributed by atoms with Crippen LogP contribution in [0.4, 0.5) is 4.39 Å². The zero-order chi connectivity index (χ0) is 12.5. The van der Waals surface area contributed by atoms with Gasteiger partial charge >= 0.3 is 0 Å². The van der Waals surface area contributed by atoms with E-state index in [9.17, 15) is 4.39 Å².